The topological polar surface area (TPSA) is 40.9 Å². The first-order valence-electron chi connectivity index (χ1n) is 9.19. The Morgan fingerprint density at radius 3 is 2.43 bits per heavy atom. The molecule has 0 bridgehead atoms. The number of para-hydroxylation sites is 1. The van der Waals surface area contributed by atoms with E-state index >= 15 is 0 Å². The van der Waals surface area contributed by atoms with Gasteiger partial charge >= 0.3 is 0 Å². The first-order chi connectivity index (χ1) is 13.6. The van der Waals surface area contributed by atoms with Crippen molar-refractivity contribution < 1.29 is 4.79 Å². The van der Waals surface area contributed by atoms with Gasteiger partial charge in [0.2, 0.25) is 0 Å². The van der Waals surface area contributed by atoms with Crippen LogP contribution in [0.3, 0.4) is 0 Å². The number of anilines is 2. The van der Waals surface area contributed by atoms with E-state index in [9.17, 15) is 4.79 Å². The molecule has 0 atom stereocenters. The van der Waals surface area contributed by atoms with Crippen LogP contribution in [-0.4, -0.2) is 34.3 Å². The van der Waals surface area contributed by atoms with E-state index in [-0.39, 0.29) is 5.91 Å². The molecule has 0 aliphatic heterocycles. The van der Waals surface area contributed by atoms with E-state index in [0.717, 1.165) is 22.7 Å². The molecule has 3 heterocycles. The van der Waals surface area contributed by atoms with Gasteiger partial charge < -0.3 is 14.2 Å². The summed E-state index contributed by atoms with van der Waals surface area (Å²) in [6.07, 6.45) is 3.65. The van der Waals surface area contributed by atoms with E-state index in [0.29, 0.717) is 12.1 Å². The normalized spacial score (nSPS) is 10.8. The second-order valence-electron chi connectivity index (χ2n) is 6.78. The van der Waals surface area contributed by atoms with Gasteiger partial charge in [-0.25, -0.2) is 0 Å². The van der Waals surface area contributed by atoms with E-state index in [1.165, 1.54) is 0 Å². The predicted molar refractivity (Wildman–Crippen MR) is 112 cm³/mol. The number of rotatable bonds is 5. The average molecular weight is 370 g/mol. The Labute approximate surface area is 164 Å². The van der Waals surface area contributed by atoms with Crippen LogP contribution in [0.2, 0.25) is 0 Å². The summed E-state index contributed by atoms with van der Waals surface area (Å²) in [5.74, 6) is 0.970. The molecule has 28 heavy (non-hydrogen) atoms. The van der Waals surface area contributed by atoms with Gasteiger partial charge in [0.25, 0.3) is 5.91 Å². The van der Waals surface area contributed by atoms with Gasteiger partial charge in [0.1, 0.15) is 5.82 Å². The fourth-order valence-corrected chi connectivity index (χ4v) is 3.30. The molecule has 3 aromatic heterocycles. The van der Waals surface area contributed by atoms with Crippen molar-refractivity contribution in [3.8, 4) is 0 Å². The third kappa shape index (κ3) is 3.47. The summed E-state index contributed by atoms with van der Waals surface area (Å²) in [6.45, 7) is 0.472. The highest BCUT2D eigenvalue weighted by molar-refractivity contribution is 5.94. The lowest BCUT2D eigenvalue weighted by atomic mass is 10.2. The predicted octanol–water partition coefficient (Wildman–Crippen LogP) is 4.37. The highest BCUT2D eigenvalue weighted by atomic mass is 16.2. The summed E-state index contributed by atoms with van der Waals surface area (Å²) in [5, 5.41) is 0. The van der Waals surface area contributed by atoms with E-state index in [1.807, 2.05) is 61.8 Å². The summed E-state index contributed by atoms with van der Waals surface area (Å²) in [7, 11) is 3.83. The molecular formula is C23H22N4O. The van der Waals surface area contributed by atoms with Gasteiger partial charge in [0.15, 0.2) is 0 Å². The SMILES string of the molecule is CN(Cc1ccccn1)C(=O)c1ccc2ccc(N(C)c3ccccc3)n2c1. The van der Waals surface area contributed by atoms with Crippen LogP contribution in [0.1, 0.15) is 16.1 Å². The number of hydrogen-bond donors (Lipinski definition) is 0. The number of aromatic nitrogens is 2. The van der Waals surface area contributed by atoms with Crippen molar-refractivity contribution in [3.63, 3.8) is 0 Å². The fourth-order valence-electron chi connectivity index (χ4n) is 3.30. The van der Waals surface area contributed by atoms with Crippen molar-refractivity contribution in [2.75, 3.05) is 19.0 Å². The highest BCUT2D eigenvalue weighted by Crippen LogP contribution is 2.26. The van der Waals surface area contributed by atoms with Gasteiger partial charge in [-0.1, -0.05) is 24.3 Å². The number of fused-ring (bicyclic) bond motifs is 1. The number of amides is 1. The Balaban J connectivity index is 1.63. The zero-order chi connectivity index (χ0) is 19.5. The van der Waals surface area contributed by atoms with Crippen molar-refractivity contribution in [2.45, 2.75) is 6.54 Å². The average Bonchev–Trinajstić information content (AvgIpc) is 3.17. The quantitative estimate of drug-likeness (QED) is 0.524. The number of pyridine rings is 2. The van der Waals surface area contributed by atoms with Gasteiger partial charge in [-0.05, 0) is 48.5 Å². The lowest BCUT2D eigenvalue weighted by Gasteiger charge is -2.20. The molecule has 0 spiro atoms. The molecule has 0 saturated carbocycles. The molecule has 1 amide bonds. The van der Waals surface area contributed by atoms with Crippen LogP contribution in [0.4, 0.5) is 11.5 Å². The van der Waals surface area contributed by atoms with Crippen molar-refractivity contribution >= 4 is 22.9 Å². The molecule has 0 N–H and O–H groups in total. The number of carbonyl (C=O) groups excluding carboxylic acids is 1. The Kier molecular flexibility index (Phi) is 4.81. The summed E-state index contributed by atoms with van der Waals surface area (Å²) in [4.78, 5) is 21.0. The summed E-state index contributed by atoms with van der Waals surface area (Å²) >= 11 is 0. The molecule has 4 aromatic rings. The second-order valence-corrected chi connectivity index (χ2v) is 6.78. The lowest BCUT2D eigenvalue weighted by molar-refractivity contribution is 0.0783. The number of carbonyl (C=O) groups is 1. The van der Waals surface area contributed by atoms with Gasteiger partial charge in [-0.3, -0.25) is 9.78 Å². The third-order valence-electron chi connectivity index (χ3n) is 4.84. The van der Waals surface area contributed by atoms with E-state index < -0.39 is 0 Å². The Bertz CT molecular complexity index is 1090. The van der Waals surface area contributed by atoms with Crippen molar-refractivity contribution in [2.24, 2.45) is 0 Å². The summed E-state index contributed by atoms with van der Waals surface area (Å²) in [6, 6.07) is 23.9. The Morgan fingerprint density at radius 2 is 1.68 bits per heavy atom. The monoisotopic (exact) mass is 370 g/mol. The zero-order valence-electron chi connectivity index (χ0n) is 16.0. The third-order valence-corrected chi connectivity index (χ3v) is 4.84. The maximum atomic E-state index is 12.9. The minimum Gasteiger partial charge on any atom is -0.336 e. The van der Waals surface area contributed by atoms with E-state index in [1.54, 1.807) is 18.1 Å². The molecule has 5 nitrogen and oxygen atoms in total. The molecule has 4 rings (SSSR count). The van der Waals surface area contributed by atoms with Gasteiger partial charge in [0.05, 0.1) is 17.8 Å². The van der Waals surface area contributed by atoms with Gasteiger partial charge in [0, 0.05) is 37.7 Å². The molecule has 0 fully saturated rings. The largest absolute Gasteiger partial charge is 0.336 e. The van der Waals surface area contributed by atoms with Crippen LogP contribution in [0.25, 0.3) is 5.52 Å². The second kappa shape index (κ2) is 7.56. The molecular weight excluding hydrogens is 348 g/mol. The maximum absolute atomic E-state index is 12.9. The first kappa shape index (κ1) is 17.8. The minimum atomic E-state index is -0.0328. The molecule has 5 heteroatoms. The number of benzene rings is 1. The molecule has 0 aliphatic rings. The van der Waals surface area contributed by atoms with Gasteiger partial charge in [-0.15, -0.1) is 0 Å². The van der Waals surface area contributed by atoms with Crippen LogP contribution in [0.15, 0.2) is 85.2 Å². The zero-order valence-corrected chi connectivity index (χ0v) is 16.0. The lowest BCUT2D eigenvalue weighted by Crippen LogP contribution is -2.26. The summed E-state index contributed by atoms with van der Waals surface area (Å²) < 4.78 is 2.05. The number of hydrogen-bond acceptors (Lipinski definition) is 3. The van der Waals surface area contributed by atoms with Crippen LogP contribution in [-0.2, 0) is 6.54 Å². The minimum absolute atomic E-state index is 0.0328. The molecule has 140 valence electrons. The fraction of sp³-hybridized carbons (Fsp3) is 0.130. The van der Waals surface area contributed by atoms with Crippen LogP contribution >= 0.6 is 0 Å². The molecule has 0 saturated heterocycles. The van der Waals surface area contributed by atoms with Gasteiger partial charge in [-0.2, -0.15) is 0 Å². The van der Waals surface area contributed by atoms with E-state index in [2.05, 4.69) is 38.6 Å². The molecule has 1 aromatic carbocycles. The number of nitrogens with zero attached hydrogens (tertiary/aromatic N) is 4. The van der Waals surface area contributed by atoms with E-state index in [4.69, 9.17) is 0 Å². The van der Waals surface area contributed by atoms with Crippen LogP contribution in [0.5, 0.6) is 0 Å². The molecule has 0 radical (unpaired) electrons. The molecule has 0 aliphatic carbocycles. The first-order valence-corrected chi connectivity index (χ1v) is 9.19. The Morgan fingerprint density at radius 1 is 0.929 bits per heavy atom. The van der Waals surface area contributed by atoms with Crippen molar-refractivity contribution in [1.82, 2.24) is 14.3 Å². The van der Waals surface area contributed by atoms with Crippen LogP contribution in [0, 0.1) is 0 Å². The van der Waals surface area contributed by atoms with Crippen molar-refractivity contribution in [3.05, 3.63) is 96.4 Å². The summed E-state index contributed by atoms with van der Waals surface area (Å²) in [5.41, 5.74) is 3.64. The smallest absolute Gasteiger partial charge is 0.255 e. The standard InChI is InChI=1S/C23H22N4O/c1-25(17-19-8-6-7-15-24-19)23(28)18-11-12-21-13-14-22(27(21)16-18)26(2)20-9-4-3-5-10-20/h3-16H,17H2,1-2H3. The highest BCUT2D eigenvalue weighted by Gasteiger charge is 2.15. The maximum Gasteiger partial charge on any atom is 0.255 e. The van der Waals surface area contributed by atoms with Crippen molar-refractivity contribution in [1.29, 1.82) is 0 Å². The molecule has 0 unspecified atom stereocenters. The Hall–Kier alpha value is -3.60. The van der Waals surface area contributed by atoms with Crippen LogP contribution < -0.4 is 4.90 Å².